The summed E-state index contributed by atoms with van der Waals surface area (Å²) in [6.07, 6.45) is 1.16. The molecule has 0 aliphatic rings. The van der Waals surface area contributed by atoms with E-state index in [1.165, 1.54) is 14.2 Å². The van der Waals surface area contributed by atoms with Crippen LogP contribution in [0.4, 0.5) is 0 Å². The molecule has 1 aromatic heterocycles. The Bertz CT molecular complexity index is 701. The highest BCUT2D eigenvalue weighted by Crippen LogP contribution is 2.30. The minimum Gasteiger partial charge on any atom is -0.466 e. The monoisotopic (exact) mass is 287 g/mol. The van der Waals surface area contributed by atoms with Crippen LogP contribution >= 0.6 is 0 Å². The number of aromatic nitrogens is 1. The summed E-state index contributed by atoms with van der Waals surface area (Å²) in [5.41, 5.74) is 2.72. The Kier molecular flexibility index (Phi) is 4.12. The van der Waals surface area contributed by atoms with Crippen LogP contribution in [0.25, 0.3) is 16.5 Å². The maximum atomic E-state index is 12.0. The number of benzene rings is 1. The number of para-hydroxylation sites is 1. The zero-order valence-electron chi connectivity index (χ0n) is 12.5. The fourth-order valence-electron chi connectivity index (χ4n) is 2.48. The van der Waals surface area contributed by atoms with E-state index in [1.807, 2.05) is 42.8 Å². The second kappa shape index (κ2) is 5.83. The summed E-state index contributed by atoms with van der Waals surface area (Å²) in [7, 11) is 4.40. The van der Waals surface area contributed by atoms with Gasteiger partial charge in [0.15, 0.2) is 0 Å². The molecule has 0 aliphatic carbocycles. The summed E-state index contributed by atoms with van der Waals surface area (Å²) >= 11 is 0. The summed E-state index contributed by atoms with van der Waals surface area (Å²) in [5, 5.41) is 1.02. The maximum Gasteiger partial charge on any atom is 0.340 e. The molecule has 5 nitrogen and oxygen atoms in total. The molecule has 5 heteroatoms. The highest BCUT2D eigenvalue weighted by atomic mass is 16.5. The van der Waals surface area contributed by atoms with Gasteiger partial charge >= 0.3 is 11.9 Å². The molecule has 110 valence electrons. The average Bonchev–Trinajstić information content (AvgIpc) is 2.76. The van der Waals surface area contributed by atoms with Crippen LogP contribution in [0.1, 0.15) is 11.3 Å². The summed E-state index contributed by atoms with van der Waals surface area (Å²) in [5.74, 6) is -1.17. The van der Waals surface area contributed by atoms with Crippen molar-refractivity contribution in [1.29, 1.82) is 0 Å². The van der Waals surface area contributed by atoms with Gasteiger partial charge in [0.05, 0.1) is 25.5 Å². The molecule has 1 aromatic carbocycles. The second-order valence-electron chi connectivity index (χ2n) is 4.62. The predicted octanol–water partition coefficient (Wildman–Crippen LogP) is 2.22. The molecule has 2 aromatic rings. The molecule has 0 amide bonds. The number of ether oxygens (including phenoxy) is 2. The van der Waals surface area contributed by atoms with Gasteiger partial charge in [-0.3, -0.25) is 0 Å². The van der Waals surface area contributed by atoms with E-state index in [9.17, 15) is 9.59 Å². The van der Waals surface area contributed by atoms with Crippen molar-refractivity contribution in [3.63, 3.8) is 0 Å². The Hall–Kier alpha value is -2.56. The molecule has 0 radical (unpaired) electrons. The van der Waals surface area contributed by atoms with Gasteiger partial charge in [-0.05, 0) is 18.6 Å². The van der Waals surface area contributed by atoms with E-state index in [1.54, 1.807) is 0 Å². The first-order valence-corrected chi connectivity index (χ1v) is 6.43. The molecule has 0 atom stereocenters. The minimum atomic E-state index is -0.597. The van der Waals surface area contributed by atoms with Crippen LogP contribution < -0.4 is 0 Å². The predicted molar refractivity (Wildman–Crippen MR) is 79.7 cm³/mol. The molecule has 2 rings (SSSR count). The molecule has 0 bridgehead atoms. The molecule has 0 saturated heterocycles. The fourth-order valence-corrected chi connectivity index (χ4v) is 2.48. The molecule has 1 heterocycles. The molecule has 0 aliphatic heterocycles. The van der Waals surface area contributed by atoms with Crippen LogP contribution in [-0.2, 0) is 26.1 Å². The van der Waals surface area contributed by atoms with E-state index in [-0.39, 0.29) is 5.57 Å². The lowest BCUT2D eigenvalue weighted by atomic mass is 10.1. The van der Waals surface area contributed by atoms with Crippen molar-refractivity contribution >= 4 is 28.4 Å². The molecule has 0 N–H and O–H groups in total. The molecule has 0 saturated carbocycles. The number of aryl methyl sites for hydroxylation is 2. The van der Waals surface area contributed by atoms with Crippen molar-refractivity contribution in [3.05, 3.63) is 41.6 Å². The van der Waals surface area contributed by atoms with E-state index in [0.717, 1.165) is 22.5 Å². The molecule has 21 heavy (non-hydrogen) atoms. The standard InChI is InChI=1S/C16H17NO4/c1-10-11-7-5-6-8-13(11)17(2)15(10)12(16(19)21-4)9-14(18)20-3/h5-9H,1-4H3/b12-9-. The number of fused-ring (bicyclic) bond motifs is 1. The van der Waals surface area contributed by atoms with E-state index in [4.69, 9.17) is 4.74 Å². The van der Waals surface area contributed by atoms with Crippen molar-refractivity contribution in [2.45, 2.75) is 6.92 Å². The van der Waals surface area contributed by atoms with E-state index in [0.29, 0.717) is 5.69 Å². The SMILES string of the molecule is COC(=O)/C=C(\C(=O)OC)c1c(C)c2ccccc2n1C. The van der Waals surface area contributed by atoms with Crippen LogP contribution in [0.2, 0.25) is 0 Å². The van der Waals surface area contributed by atoms with Crippen LogP contribution in [0, 0.1) is 6.92 Å². The Balaban J connectivity index is 2.74. The third kappa shape index (κ3) is 2.54. The number of rotatable bonds is 3. The maximum absolute atomic E-state index is 12.0. The second-order valence-corrected chi connectivity index (χ2v) is 4.62. The fraction of sp³-hybridized carbons (Fsp3) is 0.250. The van der Waals surface area contributed by atoms with Gasteiger partial charge in [0.1, 0.15) is 0 Å². The highest BCUT2D eigenvalue weighted by molar-refractivity contribution is 6.21. The van der Waals surface area contributed by atoms with Crippen LogP contribution in [0.5, 0.6) is 0 Å². The lowest BCUT2D eigenvalue weighted by Gasteiger charge is -2.09. The summed E-state index contributed by atoms with van der Waals surface area (Å²) in [6, 6.07) is 7.79. The highest BCUT2D eigenvalue weighted by Gasteiger charge is 2.22. The minimum absolute atomic E-state index is 0.181. The number of nitrogens with zero attached hydrogens (tertiary/aromatic N) is 1. The smallest absolute Gasteiger partial charge is 0.340 e. The summed E-state index contributed by atoms with van der Waals surface area (Å²) < 4.78 is 11.3. The number of hydrogen-bond donors (Lipinski definition) is 0. The number of hydrogen-bond acceptors (Lipinski definition) is 4. The van der Waals surface area contributed by atoms with Gasteiger partial charge in [-0.2, -0.15) is 0 Å². The zero-order valence-corrected chi connectivity index (χ0v) is 12.5. The van der Waals surface area contributed by atoms with E-state index >= 15 is 0 Å². The summed E-state index contributed by atoms with van der Waals surface area (Å²) in [6.45, 7) is 1.91. The lowest BCUT2D eigenvalue weighted by molar-refractivity contribution is -0.136. The van der Waals surface area contributed by atoms with Gasteiger partial charge in [-0.1, -0.05) is 18.2 Å². The van der Waals surface area contributed by atoms with Gasteiger partial charge in [0.2, 0.25) is 0 Å². The molecule has 0 fully saturated rings. The Morgan fingerprint density at radius 1 is 1.14 bits per heavy atom. The molecular weight excluding hydrogens is 270 g/mol. The number of carbonyl (C=O) groups excluding carboxylic acids is 2. The van der Waals surface area contributed by atoms with Gasteiger partial charge in [0.25, 0.3) is 0 Å². The summed E-state index contributed by atoms with van der Waals surface area (Å²) in [4.78, 5) is 23.6. The first-order chi connectivity index (χ1) is 10.0. The molecule has 0 spiro atoms. The number of esters is 2. The van der Waals surface area contributed by atoms with Crippen LogP contribution in [0.15, 0.2) is 30.3 Å². The lowest BCUT2D eigenvalue weighted by Crippen LogP contribution is -2.11. The van der Waals surface area contributed by atoms with Gasteiger partial charge in [0, 0.05) is 24.0 Å². The Labute approximate surface area is 122 Å². The quantitative estimate of drug-likeness (QED) is 0.641. The molecular formula is C16H17NO4. The first-order valence-electron chi connectivity index (χ1n) is 6.43. The van der Waals surface area contributed by atoms with Crippen molar-refractivity contribution in [2.75, 3.05) is 14.2 Å². The van der Waals surface area contributed by atoms with Crippen molar-refractivity contribution in [2.24, 2.45) is 7.05 Å². The largest absolute Gasteiger partial charge is 0.466 e. The third-order valence-corrected chi connectivity index (χ3v) is 3.48. The van der Waals surface area contributed by atoms with E-state index < -0.39 is 11.9 Å². The third-order valence-electron chi connectivity index (χ3n) is 3.48. The van der Waals surface area contributed by atoms with Gasteiger partial charge in [-0.25, -0.2) is 9.59 Å². The number of methoxy groups -OCH3 is 2. The zero-order chi connectivity index (χ0) is 15.6. The van der Waals surface area contributed by atoms with Gasteiger partial charge in [-0.15, -0.1) is 0 Å². The van der Waals surface area contributed by atoms with Gasteiger partial charge < -0.3 is 14.0 Å². The number of carbonyl (C=O) groups is 2. The topological polar surface area (TPSA) is 57.5 Å². The van der Waals surface area contributed by atoms with E-state index in [2.05, 4.69) is 4.74 Å². The molecule has 0 unspecified atom stereocenters. The van der Waals surface area contributed by atoms with Crippen LogP contribution in [0.3, 0.4) is 0 Å². The van der Waals surface area contributed by atoms with Crippen molar-refractivity contribution in [3.8, 4) is 0 Å². The van der Waals surface area contributed by atoms with Crippen molar-refractivity contribution in [1.82, 2.24) is 4.57 Å². The van der Waals surface area contributed by atoms with Crippen LogP contribution in [-0.4, -0.2) is 30.7 Å². The normalized spacial score (nSPS) is 11.5. The Morgan fingerprint density at radius 3 is 2.38 bits per heavy atom. The first kappa shape index (κ1) is 14.8. The average molecular weight is 287 g/mol. The Morgan fingerprint density at radius 2 is 1.81 bits per heavy atom. The van der Waals surface area contributed by atoms with Crippen molar-refractivity contribution < 1.29 is 19.1 Å².